The molecule has 1 aromatic heterocycles. The van der Waals surface area contributed by atoms with Gasteiger partial charge in [0.2, 0.25) is 0 Å². The minimum absolute atomic E-state index is 0.0313. The van der Waals surface area contributed by atoms with Crippen LogP contribution in [-0.2, 0) is 0 Å². The Kier molecular flexibility index (Phi) is 3.98. The number of rotatable bonds is 5. The molecule has 0 aliphatic heterocycles. The Morgan fingerprint density at radius 3 is 3.00 bits per heavy atom. The molecule has 0 aromatic carbocycles. The van der Waals surface area contributed by atoms with Crippen molar-refractivity contribution in [1.82, 2.24) is 9.88 Å². The van der Waals surface area contributed by atoms with Crippen LogP contribution in [0.1, 0.15) is 49.1 Å². The van der Waals surface area contributed by atoms with E-state index in [0.717, 1.165) is 19.3 Å². The molecule has 96 valence electrons. The molecule has 1 N–H and O–H groups in total. The van der Waals surface area contributed by atoms with Gasteiger partial charge in [-0.15, -0.1) is 12.3 Å². The van der Waals surface area contributed by atoms with E-state index >= 15 is 0 Å². The fourth-order valence-corrected chi connectivity index (χ4v) is 2.19. The molecule has 1 amide bonds. The van der Waals surface area contributed by atoms with Gasteiger partial charge in [-0.25, -0.2) is 0 Å². The zero-order valence-electron chi connectivity index (χ0n) is 10.4. The van der Waals surface area contributed by atoms with Crippen LogP contribution in [0.5, 0.6) is 0 Å². The van der Waals surface area contributed by atoms with Crippen molar-refractivity contribution in [1.29, 1.82) is 0 Å². The number of nitrogens with one attached hydrogen (secondary N) is 1. The minimum atomic E-state index is -0.0871. The van der Waals surface area contributed by atoms with E-state index in [1.807, 2.05) is 17.7 Å². The summed E-state index contributed by atoms with van der Waals surface area (Å²) in [7, 11) is 0. The van der Waals surface area contributed by atoms with E-state index in [2.05, 4.69) is 11.2 Å². The van der Waals surface area contributed by atoms with Crippen LogP contribution < -0.4 is 5.32 Å². The SMILES string of the molecule is C#CCC(CC)NC(=O)c1cc(Cl)cn1C1CC1. The van der Waals surface area contributed by atoms with Crippen LogP contribution in [0, 0.1) is 12.3 Å². The van der Waals surface area contributed by atoms with Crippen LogP contribution in [0.4, 0.5) is 0 Å². The van der Waals surface area contributed by atoms with E-state index in [4.69, 9.17) is 18.0 Å². The summed E-state index contributed by atoms with van der Waals surface area (Å²) in [5, 5.41) is 3.57. The van der Waals surface area contributed by atoms with Crippen molar-refractivity contribution in [2.75, 3.05) is 0 Å². The summed E-state index contributed by atoms with van der Waals surface area (Å²) in [6.45, 7) is 2.01. The van der Waals surface area contributed by atoms with Gasteiger partial charge in [0.15, 0.2) is 0 Å². The van der Waals surface area contributed by atoms with E-state index in [0.29, 0.717) is 23.2 Å². The van der Waals surface area contributed by atoms with E-state index in [-0.39, 0.29) is 11.9 Å². The number of carbonyl (C=O) groups is 1. The number of carbonyl (C=O) groups excluding carboxylic acids is 1. The maximum atomic E-state index is 12.2. The average Bonchev–Trinajstić information content (AvgIpc) is 3.11. The van der Waals surface area contributed by atoms with Crippen LogP contribution in [0.25, 0.3) is 0 Å². The molecule has 1 heterocycles. The number of hydrogen-bond donors (Lipinski definition) is 1. The molecule has 2 rings (SSSR count). The summed E-state index contributed by atoms with van der Waals surface area (Å²) in [5.74, 6) is 2.50. The Balaban J connectivity index is 2.10. The zero-order valence-corrected chi connectivity index (χ0v) is 11.2. The smallest absolute Gasteiger partial charge is 0.268 e. The monoisotopic (exact) mass is 264 g/mol. The van der Waals surface area contributed by atoms with Gasteiger partial charge < -0.3 is 9.88 Å². The number of aromatic nitrogens is 1. The lowest BCUT2D eigenvalue weighted by molar-refractivity contribution is 0.0927. The summed E-state index contributed by atoms with van der Waals surface area (Å²) in [6.07, 6.45) is 10.7. The Morgan fingerprint density at radius 2 is 2.44 bits per heavy atom. The fraction of sp³-hybridized carbons (Fsp3) is 0.500. The van der Waals surface area contributed by atoms with Crippen molar-refractivity contribution in [3.8, 4) is 12.3 Å². The van der Waals surface area contributed by atoms with Crippen molar-refractivity contribution in [2.24, 2.45) is 0 Å². The largest absolute Gasteiger partial charge is 0.347 e. The predicted octanol–water partition coefficient (Wildman–Crippen LogP) is 3.01. The van der Waals surface area contributed by atoms with Gasteiger partial charge in [-0.2, -0.15) is 0 Å². The molecule has 0 saturated heterocycles. The van der Waals surface area contributed by atoms with Gasteiger partial charge in [0.05, 0.1) is 5.02 Å². The van der Waals surface area contributed by atoms with Gasteiger partial charge in [0, 0.05) is 24.7 Å². The van der Waals surface area contributed by atoms with Crippen LogP contribution in [-0.4, -0.2) is 16.5 Å². The molecule has 0 bridgehead atoms. The third-order valence-corrected chi connectivity index (χ3v) is 3.39. The summed E-state index contributed by atoms with van der Waals surface area (Å²) in [5.41, 5.74) is 0.637. The lowest BCUT2D eigenvalue weighted by atomic mass is 10.1. The first kappa shape index (κ1) is 13.0. The number of hydrogen-bond acceptors (Lipinski definition) is 1. The van der Waals surface area contributed by atoms with Gasteiger partial charge in [-0.05, 0) is 25.3 Å². The van der Waals surface area contributed by atoms with Crippen LogP contribution >= 0.6 is 11.6 Å². The molecule has 0 radical (unpaired) electrons. The summed E-state index contributed by atoms with van der Waals surface area (Å²) >= 11 is 5.98. The van der Waals surface area contributed by atoms with Gasteiger partial charge in [-0.3, -0.25) is 4.79 Å². The molecular weight excluding hydrogens is 248 g/mol. The maximum Gasteiger partial charge on any atom is 0.268 e. The molecule has 0 spiro atoms. The summed E-state index contributed by atoms with van der Waals surface area (Å²) in [6, 6.07) is 2.19. The third-order valence-electron chi connectivity index (χ3n) is 3.18. The molecule has 1 aliphatic carbocycles. The number of terminal acetylenes is 1. The highest BCUT2D eigenvalue weighted by Crippen LogP contribution is 2.37. The Hall–Kier alpha value is -1.40. The number of amides is 1. The molecule has 1 saturated carbocycles. The lowest BCUT2D eigenvalue weighted by Crippen LogP contribution is -2.35. The van der Waals surface area contributed by atoms with Crippen LogP contribution in [0.2, 0.25) is 5.02 Å². The topological polar surface area (TPSA) is 34.0 Å². The molecule has 3 nitrogen and oxygen atoms in total. The van der Waals surface area contributed by atoms with Crippen molar-refractivity contribution < 1.29 is 4.79 Å². The Morgan fingerprint density at radius 1 is 1.72 bits per heavy atom. The molecule has 1 atom stereocenters. The Labute approximate surface area is 113 Å². The molecule has 1 unspecified atom stereocenters. The summed E-state index contributed by atoms with van der Waals surface area (Å²) < 4.78 is 1.97. The first-order valence-electron chi connectivity index (χ1n) is 6.27. The quantitative estimate of drug-likeness (QED) is 0.815. The van der Waals surface area contributed by atoms with E-state index in [9.17, 15) is 4.79 Å². The normalized spacial score (nSPS) is 16.1. The van der Waals surface area contributed by atoms with E-state index in [1.54, 1.807) is 6.07 Å². The standard InChI is InChI=1S/C14H17ClN2O/c1-3-5-11(4-2)16-14(18)13-8-10(15)9-17(13)12-6-7-12/h1,8-9,11-12H,4-7H2,2H3,(H,16,18). The third kappa shape index (κ3) is 2.88. The maximum absolute atomic E-state index is 12.2. The lowest BCUT2D eigenvalue weighted by Gasteiger charge is -2.15. The first-order chi connectivity index (χ1) is 8.65. The number of halogens is 1. The van der Waals surface area contributed by atoms with Crippen molar-refractivity contribution >= 4 is 17.5 Å². The molecule has 1 aliphatic rings. The molecule has 4 heteroatoms. The second-order valence-corrected chi connectivity index (χ2v) is 5.11. The van der Waals surface area contributed by atoms with Crippen molar-refractivity contribution in [2.45, 2.75) is 44.7 Å². The summed E-state index contributed by atoms with van der Waals surface area (Å²) in [4.78, 5) is 12.2. The molecule has 1 aromatic rings. The second kappa shape index (κ2) is 5.49. The highest BCUT2D eigenvalue weighted by Gasteiger charge is 2.28. The van der Waals surface area contributed by atoms with Crippen molar-refractivity contribution in [3.05, 3.63) is 23.0 Å². The molecular formula is C14H17ClN2O. The Bertz CT molecular complexity index is 482. The van der Waals surface area contributed by atoms with Crippen molar-refractivity contribution in [3.63, 3.8) is 0 Å². The van der Waals surface area contributed by atoms with Crippen LogP contribution in [0.3, 0.4) is 0 Å². The van der Waals surface area contributed by atoms with Gasteiger partial charge in [0.1, 0.15) is 5.69 Å². The van der Waals surface area contributed by atoms with E-state index in [1.165, 1.54) is 0 Å². The zero-order chi connectivity index (χ0) is 13.1. The highest BCUT2D eigenvalue weighted by molar-refractivity contribution is 6.31. The van der Waals surface area contributed by atoms with Gasteiger partial charge in [0.25, 0.3) is 5.91 Å². The van der Waals surface area contributed by atoms with Crippen LogP contribution in [0.15, 0.2) is 12.3 Å². The van der Waals surface area contributed by atoms with Gasteiger partial charge in [-0.1, -0.05) is 18.5 Å². The van der Waals surface area contributed by atoms with Gasteiger partial charge >= 0.3 is 0 Å². The molecule has 18 heavy (non-hydrogen) atoms. The fourth-order valence-electron chi connectivity index (χ4n) is 1.98. The minimum Gasteiger partial charge on any atom is -0.347 e. The van der Waals surface area contributed by atoms with E-state index < -0.39 is 0 Å². The average molecular weight is 265 g/mol. The second-order valence-electron chi connectivity index (χ2n) is 4.67. The highest BCUT2D eigenvalue weighted by atomic mass is 35.5. The predicted molar refractivity (Wildman–Crippen MR) is 72.7 cm³/mol. The number of nitrogens with zero attached hydrogens (tertiary/aromatic N) is 1. The first-order valence-corrected chi connectivity index (χ1v) is 6.65. The molecule has 1 fully saturated rings.